The highest BCUT2D eigenvalue weighted by Gasteiger charge is 2.16. The third-order valence-electron chi connectivity index (χ3n) is 2.73. The Labute approximate surface area is 110 Å². The minimum atomic E-state index is -1.15. The Kier molecular flexibility index (Phi) is 3.87. The van der Waals surface area contributed by atoms with Crippen molar-refractivity contribution in [2.75, 3.05) is 7.11 Å². The Morgan fingerprint density at radius 2 is 2.16 bits per heavy atom. The van der Waals surface area contributed by atoms with Gasteiger partial charge in [0.15, 0.2) is 0 Å². The van der Waals surface area contributed by atoms with Gasteiger partial charge in [-0.05, 0) is 29.8 Å². The second-order valence-electron chi connectivity index (χ2n) is 4.08. The van der Waals surface area contributed by atoms with Crippen LogP contribution in [-0.2, 0) is 6.42 Å². The van der Waals surface area contributed by atoms with Crippen molar-refractivity contribution in [3.63, 3.8) is 0 Å². The third kappa shape index (κ3) is 3.14. The van der Waals surface area contributed by atoms with Crippen molar-refractivity contribution < 1.29 is 24.2 Å². The van der Waals surface area contributed by atoms with Crippen LogP contribution in [0.4, 0.5) is 0 Å². The highest BCUT2D eigenvalue weighted by molar-refractivity contribution is 5.84. The topological polar surface area (TPSA) is 79.9 Å². The van der Waals surface area contributed by atoms with Gasteiger partial charge in [-0.25, -0.2) is 4.79 Å². The Morgan fingerprint density at radius 3 is 2.79 bits per heavy atom. The van der Waals surface area contributed by atoms with Gasteiger partial charge in [0.1, 0.15) is 17.6 Å². The van der Waals surface area contributed by atoms with Gasteiger partial charge in [0.05, 0.1) is 7.11 Å². The van der Waals surface area contributed by atoms with Crippen LogP contribution in [0, 0.1) is 0 Å². The predicted octanol–water partition coefficient (Wildman–Crippen LogP) is 2.26. The molecule has 2 aromatic rings. The lowest BCUT2D eigenvalue weighted by Gasteiger charge is -2.09. The number of carboxylic acids is 1. The number of aromatic carboxylic acids is 1. The van der Waals surface area contributed by atoms with E-state index in [1.165, 1.54) is 12.1 Å². The Balaban J connectivity index is 2.10. The lowest BCUT2D eigenvalue weighted by atomic mass is 10.1. The van der Waals surface area contributed by atoms with Crippen LogP contribution in [0.15, 0.2) is 40.8 Å². The lowest BCUT2D eigenvalue weighted by Crippen LogP contribution is -2.01. The van der Waals surface area contributed by atoms with Crippen molar-refractivity contribution in [3.05, 3.63) is 53.5 Å². The molecule has 0 fully saturated rings. The number of hydrogen-bond acceptors (Lipinski definition) is 4. The number of carbonyl (C=O) groups is 1. The van der Waals surface area contributed by atoms with Crippen molar-refractivity contribution in [2.45, 2.75) is 12.5 Å². The van der Waals surface area contributed by atoms with Crippen molar-refractivity contribution >= 4 is 5.97 Å². The van der Waals surface area contributed by atoms with Crippen LogP contribution in [0.25, 0.3) is 0 Å². The zero-order valence-electron chi connectivity index (χ0n) is 10.4. The normalized spacial score (nSPS) is 12.1. The van der Waals surface area contributed by atoms with Gasteiger partial charge in [-0.1, -0.05) is 12.1 Å². The van der Waals surface area contributed by atoms with Crippen LogP contribution in [0.1, 0.15) is 28.0 Å². The predicted molar refractivity (Wildman–Crippen MR) is 67.3 cm³/mol. The van der Waals surface area contributed by atoms with Gasteiger partial charge in [-0.2, -0.15) is 0 Å². The van der Waals surface area contributed by atoms with Crippen LogP contribution >= 0.6 is 0 Å². The molecule has 100 valence electrons. The molecular weight excluding hydrogens is 248 g/mol. The van der Waals surface area contributed by atoms with E-state index in [4.69, 9.17) is 14.3 Å². The first-order chi connectivity index (χ1) is 9.10. The van der Waals surface area contributed by atoms with Gasteiger partial charge < -0.3 is 19.4 Å². The summed E-state index contributed by atoms with van der Waals surface area (Å²) in [6.07, 6.45) is -0.566. The number of furan rings is 1. The molecule has 0 saturated heterocycles. The smallest absolute Gasteiger partial charge is 0.371 e. The number of aliphatic hydroxyl groups excluding tert-OH is 1. The van der Waals surface area contributed by atoms with Gasteiger partial charge in [0.2, 0.25) is 5.76 Å². The number of aliphatic hydroxyl groups is 1. The molecule has 0 aliphatic heterocycles. The zero-order chi connectivity index (χ0) is 13.8. The van der Waals surface area contributed by atoms with E-state index in [0.717, 1.165) is 5.56 Å². The van der Waals surface area contributed by atoms with Crippen molar-refractivity contribution in [1.82, 2.24) is 0 Å². The van der Waals surface area contributed by atoms with E-state index in [0.29, 0.717) is 12.2 Å². The van der Waals surface area contributed by atoms with Gasteiger partial charge in [0, 0.05) is 6.42 Å². The SMILES string of the molecule is COc1cccc(CC(O)c2ccc(C(=O)O)o2)c1. The Bertz CT molecular complexity index is 573. The van der Waals surface area contributed by atoms with Crippen molar-refractivity contribution in [1.29, 1.82) is 0 Å². The van der Waals surface area contributed by atoms with Gasteiger partial charge >= 0.3 is 5.97 Å². The molecule has 0 radical (unpaired) electrons. The van der Waals surface area contributed by atoms with E-state index in [-0.39, 0.29) is 11.5 Å². The van der Waals surface area contributed by atoms with E-state index in [1.807, 2.05) is 24.3 Å². The molecule has 0 aliphatic rings. The second-order valence-corrected chi connectivity index (χ2v) is 4.08. The molecule has 2 N–H and O–H groups in total. The molecule has 1 unspecified atom stereocenters. The minimum Gasteiger partial charge on any atom is -0.497 e. The van der Waals surface area contributed by atoms with Gasteiger partial charge in [-0.3, -0.25) is 0 Å². The van der Waals surface area contributed by atoms with Crippen LogP contribution < -0.4 is 4.74 Å². The van der Waals surface area contributed by atoms with E-state index < -0.39 is 12.1 Å². The largest absolute Gasteiger partial charge is 0.497 e. The highest BCUT2D eigenvalue weighted by Crippen LogP contribution is 2.22. The first-order valence-corrected chi connectivity index (χ1v) is 5.74. The molecular formula is C14H14O5. The summed E-state index contributed by atoms with van der Waals surface area (Å²) < 4.78 is 10.1. The first-order valence-electron chi connectivity index (χ1n) is 5.74. The molecule has 5 heteroatoms. The van der Waals surface area contributed by atoms with E-state index in [1.54, 1.807) is 7.11 Å². The molecule has 0 aliphatic carbocycles. The van der Waals surface area contributed by atoms with Crippen LogP contribution in [0.2, 0.25) is 0 Å². The molecule has 2 rings (SSSR count). The van der Waals surface area contributed by atoms with Crippen LogP contribution in [0.3, 0.4) is 0 Å². The van der Waals surface area contributed by atoms with E-state index in [9.17, 15) is 9.90 Å². The molecule has 19 heavy (non-hydrogen) atoms. The fourth-order valence-electron chi connectivity index (χ4n) is 1.77. The summed E-state index contributed by atoms with van der Waals surface area (Å²) in [5, 5.41) is 18.8. The highest BCUT2D eigenvalue weighted by atomic mass is 16.5. The Morgan fingerprint density at radius 1 is 1.37 bits per heavy atom. The minimum absolute atomic E-state index is 0.181. The molecule has 0 saturated carbocycles. The number of ether oxygens (including phenoxy) is 1. The van der Waals surface area contributed by atoms with Crippen LogP contribution in [-0.4, -0.2) is 23.3 Å². The van der Waals surface area contributed by atoms with Crippen molar-refractivity contribution in [3.8, 4) is 5.75 Å². The second kappa shape index (κ2) is 5.58. The number of rotatable bonds is 5. The fraction of sp³-hybridized carbons (Fsp3) is 0.214. The third-order valence-corrected chi connectivity index (χ3v) is 2.73. The van der Waals surface area contributed by atoms with Crippen molar-refractivity contribution in [2.24, 2.45) is 0 Å². The molecule has 5 nitrogen and oxygen atoms in total. The summed E-state index contributed by atoms with van der Waals surface area (Å²) in [5.74, 6) is -0.393. The summed E-state index contributed by atoms with van der Waals surface area (Å²) in [5.41, 5.74) is 0.875. The summed E-state index contributed by atoms with van der Waals surface area (Å²) in [4.78, 5) is 10.7. The summed E-state index contributed by atoms with van der Waals surface area (Å²) in [6, 6.07) is 10.1. The van der Waals surface area contributed by atoms with E-state index in [2.05, 4.69) is 0 Å². The first kappa shape index (κ1) is 13.2. The average molecular weight is 262 g/mol. The molecule has 1 atom stereocenters. The summed E-state index contributed by atoms with van der Waals surface area (Å²) in [7, 11) is 1.57. The Hall–Kier alpha value is -2.27. The number of methoxy groups -OCH3 is 1. The molecule has 0 amide bonds. The maximum atomic E-state index is 10.7. The standard InChI is InChI=1S/C14H14O5/c1-18-10-4-2-3-9(7-10)8-11(15)12-5-6-13(19-12)14(16)17/h2-7,11,15H,8H2,1H3,(H,16,17). The van der Waals surface area contributed by atoms with E-state index >= 15 is 0 Å². The quantitative estimate of drug-likeness (QED) is 0.864. The average Bonchev–Trinajstić information content (AvgIpc) is 2.89. The molecule has 0 bridgehead atoms. The molecule has 1 aromatic heterocycles. The lowest BCUT2D eigenvalue weighted by molar-refractivity contribution is 0.0651. The summed E-state index contributed by atoms with van der Waals surface area (Å²) in [6.45, 7) is 0. The maximum absolute atomic E-state index is 10.7. The molecule has 1 heterocycles. The zero-order valence-corrected chi connectivity index (χ0v) is 10.4. The fourth-order valence-corrected chi connectivity index (χ4v) is 1.77. The van der Waals surface area contributed by atoms with Gasteiger partial charge in [-0.15, -0.1) is 0 Å². The maximum Gasteiger partial charge on any atom is 0.371 e. The number of benzene rings is 1. The molecule has 0 spiro atoms. The van der Waals surface area contributed by atoms with Crippen LogP contribution in [0.5, 0.6) is 5.75 Å². The molecule has 1 aromatic carbocycles. The number of carboxylic acid groups (broad SMARTS) is 1. The van der Waals surface area contributed by atoms with Gasteiger partial charge in [0.25, 0.3) is 0 Å². The summed E-state index contributed by atoms with van der Waals surface area (Å²) >= 11 is 0. The number of hydrogen-bond donors (Lipinski definition) is 2. The monoisotopic (exact) mass is 262 g/mol.